The molecule has 16 heavy (non-hydrogen) atoms. The van der Waals surface area contributed by atoms with Crippen LogP contribution in [0.1, 0.15) is 39.0 Å². The summed E-state index contributed by atoms with van der Waals surface area (Å²) in [6.07, 6.45) is 13.5. The summed E-state index contributed by atoms with van der Waals surface area (Å²) < 4.78 is 6.04. The number of allylic oxidation sites excluding steroid dienone is 1. The fourth-order valence-corrected chi connectivity index (χ4v) is 3.46. The molecule has 0 bridgehead atoms. The summed E-state index contributed by atoms with van der Waals surface area (Å²) in [6, 6.07) is 0.972. The summed E-state index contributed by atoms with van der Waals surface area (Å²) >= 11 is 0. The Balaban J connectivity index is 3.91. The van der Waals surface area contributed by atoms with Crippen LogP contribution in [0, 0.1) is 12.3 Å². The minimum Gasteiger partial charge on any atom is -0.404 e. The maximum Gasteiger partial charge on any atom is 0.192 e. The van der Waals surface area contributed by atoms with Gasteiger partial charge in [-0.2, -0.15) is 0 Å². The van der Waals surface area contributed by atoms with Gasteiger partial charge in [0.05, 0.1) is 0 Å². The van der Waals surface area contributed by atoms with Gasteiger partial charge in [0.15, 0.2) is 8.32 Å². The largest absolute Gasteiger partial charge is 0.404 e. The third-order valence-electron chi connectivity index (χ3n) is 2.60. The van der Waals surface area contributed by atoms with Gasteiger partial charge >= 0.3 is 0 Å². The predicted molar refractivity (Wildman–Crippen MR) is 75.0 cm³/mol. The molecule has 0 aliphatic heterocycles. The average Bonchev–Trinajstić information content (AvgIpc) is 2.22. The second-order valence-electron chi connectivity index (χ2n) is 4.87. The molecular weight excluding hydrogens is 212 g/mol. The van der Waals surface area contributed by atoms with Crippen molar-refractivity contribution in [2.24, 2.45) is 0 Å². The van der Waals surface area contributed by atoms with Gasteiger partial charge in [-0.3, -0.25) is 0 Å². The molecule has 0 aromatic rings. The second kappa shape index (κ2) is 8.61. The number of rotatable bonds is 9. The fraction of sp³-hybridized carbons (Fsp3) is 0.714. The monoisotopic (exact) mass is 238 g/mol. The molecule has 2 heteroatoms. The third kappa shape index (κ3) is 7.73. The van der Waals surface area contributed by atoms with Gasteiger partial charge in [-0.25, -0.2) is 0 Å². The van der Waals surface area contributed by atoms with Crippen molar-refractivity contribution in [2.75, 3.05) is 0 Å². The molecule has 1 nitrogen and oxygen atoms in total. The lowest BCUT2D eigenvalue weighted by Crippen LogP contribution is -2.34. The molecule has 0 aliphatic carbocycles. The Kier molecular flexibility index (Phi) is 8.33. The molecule has 0 saturated heterocycles. The molecule has 0 amide bonds. The normalized spacial score (nSPS) is 13.1. The lowest BCUT2D eigenvalue weighted by Gasteiger charge is -2.25. The van der Waals surface area contributed by atoms with E-state index in [0.717, 1.165) is 12.5 Å². The van der Waals surface area contributed by atoms with Crippen molar-refractivity contribution in [1.29, 1.82) is 0 Å². The van der Waals surface area contributed by atoms with Crippen molar-refractivity contribution in [3.8, 4) is 12.3 Å². The van der Waals surface area contributed by atoms with Crippen molar-refractivity contribution in [3.63, 3.8) is 0 Å². The van der Waals surface area contributed by atoms with Crippen LogP contribution in [0.25, 0.3) is 0 Å². The van der Waals surface area contributed by atoms with E-state index in [1.807, 2.05) is 6.08 Å². The molecular formula is C14H26OSi. The van der Waals surface area contributed by atoms with Gasteiger partial charge < -0.3 is 4.43 Å². The summed E-state index contributed by atoms with van der Waals surface area (Å²) in [7, 11) is -1.62. The maximum absolute atomic E-state index is 6.04. The van der Waals surface area contributed by atoms with Crippen LogP contribution in [0.15, 0.2) is 12.7 Å². The van der Waals surface area contributed by atoms with Crippen LogP contribution < -0.4 is 0 Å². The van der Waals surface area contributed by atoms with Crippen LogP contribution in [0.3, 0.4) is 0 Å². The van der Waals surface area contributed by atoms with Crippen LogP contribution in [0.4, 0.5) is 0 Å². The molecule has 92 valence electrons. The number of unbranched alkanes of at least 4 members (excludes halogenated alkanes) is 3. The van der Waals surface area contributed by atoms with Crippen LogP contribution >= 0.6 is 0 Å². The first-order chi connectivity index (χ1) is 7.55. The van der Waals surface area contributed by atoms with Crippen molar-refractivity contribution in [2.45, 2.75) is 64.3 Å². The highest BCUT2D eigenvalue weighted by Crippen LogP contribution is 2.17. The van der Waals surface area contributed by atoms with E-state index in [0.29, 0.717) is 0 Å². The first-order valence-corrected chi connectivity index (χ1v) is 9.42. The van der Waals surface area contributed by atoms with Gasteiger partial charge in [-0.1, -0.05) is 38.2 Å². The number of hydrogen-bond acceptors (Lipinski definition) is 1. The summed E-state index contributed by atoms with van der Waals surface area (Å²) in [5.41, 5.74) is 0. The summed E-state index contributed by atoms with van der Waals surface area (Å²) in [5.74, 6) is 2.77. The van der Waals surface area contributed by atoms with Crippen molar-refractivity contribution < 1.29 is 4.43 Å². The quantitative estimate of drug-likeness (QED) is 0.251. The molecule has 0 fully saturated rings. The average molecular weight is 238 g/mol. The third-order valence-corrected chi connectivity index (χ3v) is 4.80. The van der Waals surface area contributed by atoms with E-state index in [-0.39, 0.29) is 6.10 Å². The predicted octanol–water partition coefficient (Wildman–Crippen LogP) is 4.37. The van der Waals surface area contributed by atoms with Crippen molar-refractivity contribution >= 4 is 8.32 Å². The Morgan fingerprint density at radius 3 is 2.56 bits per heavy atom. The van der Waals surface area contributed by atoms with E-state index < -0.39 is 8.32 Å². The van der Waals surface area contributed by atoms with Crippen LogP contribution in [0.5, 0.6) is 0 Å². The molecule has 0 aromatic carbocycles. The van der Waals surface area contributed by atoms with Crippen LogP contribution in [-0.4, -0.2) is 14.4 Å². The fourth-order valence-electron chi connectivity index (χ4n) is 1.71. The molecule has 0 N–H and O–H groups in total. The van der Waals surface area contributed by atoms with Gasteiger partial charge in [0.2, 0.25) is 0 Å². The van der Waals surface area contributed by atoms with Crippen molar-refractivity contribution in [3.05, 3.63) is 12.7 Å². The second-order valence-corrected chi connectivity index (χ2v) is 9.04. The minimum absolute atomic E-state index is 0.0125. The first kappa shape index (κ1) is 15.5. The Morgan fingerprint density at radius 1 is 1.38 bits per heavy atom. The lowest BCUT2D eigenvalue weighted by molar-refractivity contribution is 0.233. The zero-order valence-electron chi connectivity index (χ0n) is 11.1. The van der Waals surface area contributed by atoms with E-state index in [1.165, 1.54) is 25.7 Å². The molecule has 0 spiro atoms. The highest BCUT2D eigenvalue weighted by atomic mass is 28.4. The lowest BCUT2D eigenvalue weighted by atomic mass is 10.1. The SMILES string of the molecule is C#CC(CCCCCC)O[Si](C)(C)CC=C. The van der Waals surface area contributed by atoms with E-state index in [1.54, 1.807) is 0 Å². The van der Waals surface area contributed by atoms with Crippen LogP contribution in [-0.2, 0) is 4.43 Å². The molecule has 0 radical (unpaired) electrons. The topological polar surface area (TPSA) is 9.23 Å². The molecule has 0 aliphatic rings. The highest BCUT2D eigenvalue weighted by molar-refractivity contribution is 6.71. The maximum atomic E-state index is 6.04. The first-order valence-electron chi connectivity index (χ1n) is 6.30. The van der Waals surface area contributed by atoms with E-state index in [9.17, 15) is 0 Å². The number of terminal acetylenes is 1. The van der Waals surface area contributed by atoms with Gasteiger partial charge in [-0.05, 0) is 32.0 Å². The molecule has 0 saturated carbocycles. The Morgan fingerprint density at radius 2 is 2.06 bits per heavy atom. The van der Waals surface area contributed by atoms with E-state index in [2.05, 4.69) is 32.5 Å². The summed E-state index contributed by atoms with van der Waals surface area (Å²) in [5, 5.41) is 0. The number of hydrogen-bond donors (Lipinski definition) is 0. The van der Waals surface area contributed by atoms with Gasteiger partial charge in [0.25, 0.3) is 0 Å². The standard InChI is InChI=1S/C14H26OSi/c1-6-9-10-11-12-14(8-3)15-16(4,5)13-7-2/h3,7,14H,2,6,9-13H2,1,4-5H3. The molecule has 0 aromatic heterocycles. The Bertz CT molecular complexity index is 227. The molecule has 1 unspecified atom stereocenters. The van der Waals surface area contributed by atoms with Gasteiger partial charge in [0.1, 0.15) is 6.10 Å². The Labute approximate surface area is 102 Å². The zero-order chi connectivity index (χ0) is 12.4. The Hall–Kier alpha value is -0.523. The van der Waals surface area contributed by atoms with Gasteiger partial charge in [0, 0.05) is 0 Å². The zero-order valence-corrected chi connectivity index (χ0v) is 12.1. The summed E-state index contributed by atoms with van der Waals surface area (Å²) in [6.45, 7) is 10.4. The smallest absolute Gasteiger partial charge is 0.192 e. The van der Waals surface area contributed by atoms with Crippen LogP contribution in [0.2, 0.25) is 19.1 Å². The van der Waals surface area contributed by atoms with E-state index >= 15 is 0 Å². The van der Waals surface area contributed by atoms with E-state index in [4.69, 9.17) is 10.8 Å². The minimum atomic E-state index is -1.62. The highest BCUT2D eigenvalue weighted by Gasteiger charge is 2.24. The molecule has 1 atom stereocenters. The van der Waals surface area contributed by atoms with Crippen molar-refractivity contribution in [1.82, 2.24) is 0 Å². The molecule has 0 heterocycles. The summed E-state index contributed by atoms with van der Waals surface area (Å²) in [4.78, 5) is 0. The van der Waals surface area contributed by atoms with Gasteiger partial charge in [-0.15, -0.1) is 13.0 Å². The molecule has 0 rings (SSSR count).